The third-order valence-electron chi connectivity index (χ3n) is 2.17. The van der Waals surface area contributed by atoms with Crippen molar-refractivity contribution in [3.63, 3.8) is 0 Å². The maximum atomic E-state index is 10.3. The highest BCUT2D eigenvalue weighted by atomic mass is 16.5. The molecule has 0 spiro atoms. The fourth-order valence-electron chi connectivity index (χ4n) is 1.35. The van der Waals surface area contributed by atoms with Crippen LogP contribution in [0.15, 0.2) is 36.7 Å². The van der Waals surface area contributed by atoms with Gasteiger partial charge in [-0.3, -0.25) is 4.68 Å². The summed E-state index contributed by atoms with van der Waals surface area (Å²) in [6.45, 7) is 0.228. The maximum Gasteiger partial charge on any atom is 0.165 e. The Morgan fingerprint density at radius 1 is 1.24 bits per heavy atom. The smallest absolute Gasteiger partial charge is 0.165 e. The standard InChI is InChI=1S/C12H12N2O3/c1-16-10-2-4-11(5-3-10)17-12-8-13-14(9-12)6-7-15/h2-5,7-9H,6H2,1H3. The van der Waals surface area contributed by atoms with Crippen molar-refractivity contribution in [2.45, 2.75) is 6.54 Å². The summed E-state index contributed by atoms with van der Waals surface area (Å²) in [6.07, 6.45) is 4.01. The number of aldehydes is 1. The number of hydrogen-bond acceptors (Lipinski definition) is 4. The van der Waals surface area contributed by atoms with Crippen LogP contribution >= 0.6 is 0 Å². The van der Waals surface area contributed by atoms with Gasteiger partial charge in [0, 0.05) is 0 Å². The van der Waals surface area contributed by atoms with Crippen LogP contribution < -0.4 is 9.47 Å². The Labute approximate surface area is 98.6 Å². The van der Waals surface area contributed by atoms with Gasteiger partial charge in [0.2, 0.25) is 0 Å². The van der Waals surface area contributed by atoms with Crippen molar-refractivity contribution < 1.29 is 14.3 Å². The average molecular weight is 232 g/mol. The van der Waals surface area contributed by atoms with Gasteiger partial charge >= 0.3 is 0 Å². The Balaban J connectivity index is 2.05. The number of benzene rings is 1. The number of rotatable bonds is 5. The molecule has 0 N–H and O–H groups in total. The molecule has 5 nitrogen and oxygen atoms in total. The molecular formula is C12H12N2O3. The quantitative estimate of drug-likeness (QED) is 0.738. The minimum absolute atomic E-state index is 0.228. The van der Waals surface area contributed by atoms with E-state index in [0.29, 0.717) is 11.5 Å². The Morgan fingerprint density at radius 2 is 1.94 bits per heavy atom. The Hall–Kier alpha value is -2.30. The molecular weight excluding hydrogens is 220 g/mol. The third-order valence-corrected chi connectivity index (χ3v) is 2.17. The van der Waals surface area contributed by atoms with Gasteiger partial charge in [-0.2, -0.15) is 5.10 Å². The molecule has 1 aromatic heterocycles. The lowest BCUT2D eigenvalue weighted by Crippen LogP contribution is -1.97. The molecule has 0 aliphatic heterocycles. The highest BCUT2D eigenvalue weighted by Gasteiger charge is 2.01. The normalized spacial score (nSPS) is 9.94. The maximum absolute atomic E-state index is 10.3. The lowest BCUT2D eigenvalue weighted by molar-refractivity contribution is -0.108. The summed E-state index contributed by atoms with van der Waals surface area (Å²) in [5.74, 6) is 2.06. The summed E-state index contributed by atoms with van der Waals surface area (Å²) in [5, 5.41) is 3.97. The largest absolute Gasteiger partial charge is 0.497 e. The number of aromatic nitrogens is 2. The molecule has 0 atom stereocenters. The summed E-state index contributed by atoms with van der Waals surface area (Å²) in [7, 11) is 1.61. The van der Waals surface area contributed by atoms with E-state index in [1.54, 1.807) is 31.6 Å². The monoisotopic (exact) mass is 232 g/mol. The van der Waals surface area contributed by atoms with Crippen LogP contribution in [0.3, 0.4) is 0 Å². The van der Waals surface area contributed by atoms with E-state index in [2.05, 4.69) is 5.10 Å². The molecule has 2 rings (SSSR count). The van der Waals surface area contributed by atoms with Crippen molar-refractivity contribution in [3.8, 4) is 17.2 Å². The summed E-state index contributed by atoms with van der Waals surface area (Å²) in [4.78, 5) is 10.3. The SMILES string of the molecule is COc1ccc(Oc2cnn(CC=O)c2)cc1. The van der Waals surface area contributed by atoms with Gasteiger partial charge in [0.1, 0.15) is 17.8 Å². The molecule has 0 fully saturated rings. The van der Waals surface area contributed by atoms with E-state index >= 15 is 0 Å². The van der Waals surface area contributed by atoms with Crippen LogP contribution in [0.1, 0.15) is 0 Å². The van der Waals surface area contributed by atoms with Gasteiger partial charge in [0.25, 0.3) is 0 Å². The predicted molar refractivity (Wildman–Crippen MR) is 61.4 cm³/mol. The second kappa shape index (κ2) is 5.16. The fourth-order valence-corrected chi connectivity index (χ4v) is 1.35. The van der Waals surface area contributed by atoms with Crippen LogP contribution in [0.5, 0.6) is 17.2 Å². The topological polar surface area (TPSA) is 53.4 Å². The molecule has 0 aliphatic carbocycles. The van der Waals surface area contributed by atoms with Crippen LogP contribution in [-0.2, 0) is 11.3 Å². The first-order valence-corrected chi connectivity index (χ1v) is 5.10. The Bertz CT molecular complexity index is 491. The van der Waals surface area contributed by atoms with Crippen molar-refractivity contribution in [1.29, 1.82) is 0 Å². The molecule has 0 bridgehead atoms. The predicted octanol–water partition coefficient (Wildman–Crippen LogP) is 1.88. The van der Waals surface area contributed by atoms with E-state index in [9.17, 15) is 4.79 Å². The van der Waals surface area contributed by atoms with Gasteiger partial charge in [-0.25, -0.2) is 0 Å². The molecule has 0 saturated carbocycles. The van der Waals surface area contributed by atoms with Crippen LogP contribution in [0.2, 0.25) is 0 Å². The first kappa shape index (κ1) is 11.2. The molecule has 0 radical (unpaired) electrons. The summed E-state index contributed by atoms with van der Waals surface area (Å²) < 4.78 is 12.1. The molecule has 5 heteroatoms. The lowest BCUT2D eigenvalue weighted by atomic mass is 10.3. The zero-order valence-corrected chi connectivity index (χ0v) is 9.37. The first-order valence-electron chi connectivity index (χ1n) is 5.10. The molecule has 1 heterocycles. The van der Waals surface area contributed by atoms with Gasteiger partial charge in [-0.05, 0) is 24.3 Å². The van der Waals surface area contributed by atoms with E-state index < -0.39 is 0 Å². The minimum Gasteiger partial charge on any atom is -0.497 e. The fraction of sp³-hybridized carbons (Fsp3) is 0.167. The van der Waals surface area contributed by atoms with Crippen LogP contribution in [0.4, 0.5) is 0 Å². The first-order chi connectivity index (χ1) is 8.31. The van der Waals surface area contributed by atoms with E-state index in [-0.39, 0.29) is 6.54 Å². The van der Waals surface area contributed by atoms with E-state index in [1.807, 2.05) is 12.1 Å². The number of methoxy groups -OCH3 is 1. The van der Waals surface area contributed by atoms with E-state index in [4.69, 9.17) is 9.47 Å². The molecule has 1 aromatic carbocycles. The van der Waals surface area contributed by atoms with Crippen molar-refractivity contribution in [2.75, 3.05) is 7.11 Å². The number of carbonyl (C=O) groups excluding carboxylic acids is 1. The summed E-state index contributed by atoms with van der Waals surface area (Å²) in [5.41, 5.74) is 0. The molecule has 2 aromatic rings. The molecule has 0 unspecified atom stereocenters. The van der Waals surface area contributed by atoms with Crippen molar-refractivity contribution >= 4 is 6.29 Å². The van der Waals surface area contributed by atoms with Gasteiger partial charge in [0.05, 0.1) is 26.0 Å². The third kappa shape index (κ3) is 2.84. The van der Waals surface area contributed by atoms with Gasteiger partial charge in [-0.15, -0.1) is 0 Å². The Kier molecular flexibility index (Phi) is 3.40. The zero-order valence-electron chi connectivity index (χ0n) is 9.37. The molecule has 88 valence electrons. The lowest BCUT2D eigenvalue weighted by Gasteiger charge is -2.03. The highest BCUT2D eigenvalue weighted by molar-refractivity contribution is 5.49. The van der Waals surface area contributed by atoms with Crippen LogP contribution in [0, 0.1) is 0 Å². The Morgan fingerprint density at radius 3 is 2.59 bits per heavy atom. The van der Waals surface area contributed by atoms with E-state index in [1.165, 1.54) is 4.68 Å². The second-order valence-electron chi connectivity index (χ2n) is 3.34. The van der Waals surface area contributed by atoms with Crippen molar-refractivity contribution in [1.82, 2.24) is 9.78 Å². The van der Waals surface area contributed by atoms with Crippen LogP contribution in [-0.4, -0.2) is 23.2 Å². The van der Waals surface area contributed by atoms with E-state index in [0.717, 1.165) is 12.0 Å². The molecule has 17 heavy (non-hydrogen) atoms. The average Bonchev–Trinajstić information content (AvgIpc) is 2.78. The van der Waals surface area contributed by atoms with Gasteiger partial charge in [0.15, 0.2) is 5.75 Å². The van der Waals surface area contributed by atoms with Gasteiger partial charge in [-0.1, -0.05) is 0 Å². The molecule has 0 amide bonds. The minimum atomic E-state index is 0.228. The number of nitrogens with zero attached hydrogens (tertiary/aromatic N) is 2. The molecule has 0 aliphatic rings. The number of ether oxygens (including phenoxy) is 2. The highest BCUT2D eigenvalue weighted by Crippen LogP contribution is 2.22. The van der Waals surface area contributed by atoms with Crippen molar-refractivity contribution in [2.24, 2.45) is 0 Å². The molecule has 0 saturated heterocycles. The van der Waals surface area contributed by atoms with Crippen molar-refractivity contribution in [3.05, 3.63) is 36.7 Å². The number of hydrogen-bond donors (Lipinski definition) is 0. The van der Waals surface area contributed by atoms with Crippen LogP contribution in [0.25, 0.3) is 0 Å². The number of carbonyl (C=O) groups is 1. The summed E-state index contributed by atoms with van der Waals surface area (Å²) in [6, 6.07) is 7.22. The summed E-state index contributed by atoms with van der Waals surface area (Å²) >= 11 is 0. The second-order valence-corrected chi connectivity index (χ2v) is 3.34. The van der Waals surface area contributed by atoms with Gasteiger partial charge < -0.3 is 14.3 Å². The zero-order chi connectivity index (χ0) is 12.1.